The maximum atomic E-state index is 6.20. The first-order chi connectivity index (χ1) is 11.1. The molecule has 5 heteroatoms. The third kappa shape index (κ3) is 4.51. The van der Waals surface area contributed by atoms with Gasteiger partial charge in [-0.1, -0.05) is 59.1 Å². The molecule has 0 aliphatic rings. The summed E-state index contributed by atoms with van der Waals surface area (Å²) in [5.74, 6) is 0.772. The van der Waals surface area contributed by atoms with Crippen LogP contribution < -0.4 is 0 Å². The molecule has 0 aliphatic carbocycles. The van der Waals surface area contributed by atoms with E-state index in [9.17, 15) is 0 Å². The summed E-state index contributed by atoms with van der Waals surface area (Å²) in [4.78, 5) is 5.63. The average molecular weight is 380 g/mol. The van der Waals surface area contributed by atoms with E-state index >= 15 is 0 Å². The molecule has 0 bridgehead atoms. The van der Waals surface area contributed by atoms with Crippen molar-refractivity contribution in [1.82, 2.24) is 4.98 Å². The van der Waals surface area contributed by atoms with E-state index in [0.717, 1.165) is 27.8 Å². The van der Waals surface area contributed by atoms with Crippen molar-refractivity contribution in [2.75, 3.05) is 0 Å². The number of hydrogen-bond acceptors (Lipinski definition) is 3. The Bertz CT molecular complexity index is 777. The van der Waals surface area contributed by atoms with Gasteiger partial charge < -0.3 is 0 Å². The highest BCUT2D eigenvalue weighted by Crippen LogP contribution is 2.35. The Labute approximate surface area is 154 Å². The van der Waals surface area contributed by atoms with Crippen molar-refractivity contribution < 1.29 is 0 Å². The Morgan fingerprint density at radius 2 is 1.74 bits per heavy atom. The van der Waals surface area contributed by atoms with Crippen LogP contribution in [0.1, 0.15) is 21.8 Å². The number of nitrogens with zero attached hydrogens (tertiary/aromatic N) is 1. The minimum Gasteiger partial charge on any atom is -0.245 e. The minimum absolute atomic E-state index is 0.692. The summed E-state index contributed by atoms with van der Waals surface area (Å²) in [7, 11) is 0. The van der Waals surface area contributed by atoms with Crippen molar-refractivity contribution >= 4 is 46.3 Å². The van der Waals surface area contributed by atoms with E-state index in [0.29, 0.717) is 10.0 Å². The predicted octanol–water partition coefficient (Wildman–Crippen LogP) is 6.64. The molecule has 0 amide bonds. The lowest BCUT2D eigenvalue weighted by atomic mass is 10.1. The maximum Gasteiger partial charge on any atom is 0.0972 e. The molecule has 23 heavy (non-hydrogen) atoms. The summed E-state index contributed by atoms with van der Waals surface area (Å²) in [5.41, 5.74) is 3.64. The second-order valence-electron chi connectivity index (χ2n) is 5.23. The van der Waals surface area contributed by atoms with Gasteiger partial charge in [-0.3, -0.25) is 0 Å². The molecule has 0 fully saturated rings. The van der Waals surface area contributed by atoms with E-state index in [-0.39, 0.29) is 0 Å². The number of thioether (sulfide) groups is 1. The summed E-state index contributed by atoms with van der Waals surface area (Å²) in [6.07, 6.45) is 0.877. The molecule has 118 valence electrons. The van der Waals surface area contributed by atoms with Gasteiger partial charge >= 0.3 is 0 Å². The molecule has 0 spiro atoms. The molecule has 1 heterocycles. The Morgan fingerprint density at radius 3 is 2.43 bits per heavy atom. The maximum absolute atomic E-state index is 6.20. The molecular formula is C18H15Cl2NS2. The lowest BCUT2D eigenvalue weighted by molar-refractivity contribution is 1.09. The Balaban J connectivity index is 1.64. The fourth-order valence-electron chi connectivity index (χ4n) is 2.14. The third-order valence-corrected chi connectivity index (χ3v) is 6.28. The van der Waals surface area contributed by atoms with Crippen molar-refractivity contribution in [3.63, 3.8) is 0 Å². The molecule has 0 aliphatic heterocycles. The van der Waals surface area contributed by atoms with Crippen molar-refractivity contribution in [3.8, 4) is 0 Å². The Hall–Kier alpha value is -1.00. The highest BCUT2D eigenvalue weighted by atomic mass is 35.5. The number of benzene rings is 2. The highest BCUT2D eigenvalue weighted by Gasteiger charge is 2.09. The van der Waals surface area contributed by atoms with Gasteiger partial charge in [0.15, 0.2) is 0 Å². The molecule has 3 rings (SSSR count). The number of halogens is 2. The molecular weight excluding hydrogens is 365 g/mol. The molecule has 0 atom stereocenters. The zero-order valence-electron chi connectivity index (χ0n) is 12.6. The van der Waals surface area contributed by atoms with Crippen LogP contribution in [0.25, 0.3) is 0 Å². The van der Waals surface area contributed by atoms with E-state index in [1.165, 1.54) is 11.1 Å². The molecule has 0 saturated heterocycles. The quantitative estimate of drug-likeness (QED) is 0.460. The zero-order valence-corrected chi connectivity index (χ0v) is 15.7. The molecule has 0 saturated carbocycles. The first-order valence-corrected chi connectivity index (χ1v) is 9.79. The fourth-order valence-corrected chi connectivity index (χ4v) is 4.65. The van der Waals surface area contributed by atoms with Gasteiger partial charge in [0.1, 0.15) is 0 Å². The average Bonchev–Trinajstić information content (AvgIpc) is 2.97. The number of aryl methyl sites for hydroxylation is 1. The van der Waals surface area contributed by atoms with E-state index < -0.39 is 0 Å². The van der Waals surface area contributed by atoms with Crippen LogP contribution in [-0.4, -0.2) is 4.98 Å². The number of hydrogen-bond donors (Lipinski definition) is 0. The topological polar surface area (TPSA) is 12.9 Å². The lowest BCUT2D eigenvalue weighted by Gasteiger charge is -2.04. The largest absolute Gasteiger partial charge is 0.245 e. The van der Waals surface area contributed by atoms with Crippen molar-refractivity contribution in [3.05, 3.63) is 79.7 Å². The van der Waals surface area contributed by atoms with Crippen LogP contribution in [0.3, 0.4) is 0 Å². The summed E-state index contributed by atoms with van der Waals surface area (Å²) in [5, 5.41) is 4.63. The highest BCUT2D eigenvalue weighted by molar-refractivity contribution is 7.98. The zero-order chi connectivity index (χ0) is 16.2. The standard InChI is InChI=1S/C18H15Cl2NS2/c1-12-5-7-13(8-6-12)9-17-21-14(10-22-17)11-23-18-15(19)3-2-4-16(18)20/h2-8,10H,9,11H2,1H3. The van der Waals surface area contributed by atoms with Gasteiger partial charge in [-0.25, -0.2) is 4.98 Å². The predicted molar refractivity (Wildman–Crippen MR) is 102 cm³/mol. The van der Waals surface area contributed by atoms with Crippen molar-refractivity contribution in [2.45, 2.75) is 24.0 Å². The van der Waals surface area contributed by atoms with Crippen LogP contribution in [0, 0.1) is 6.92 Å². The summed E-state index contributed by atoms with van der Waals surface area (Å²) in [6.45, 7) is 2.10. The second kappa shape index (κ2) is 7.71. The summed E-state index contributed by atoms with van der Waals surface area (Å²) < 4.78 is 0. The van der Waals surface area contributed by atoms with Crippen LogP contribution in [0.15, 0.2) is 52.7 Å². The number of thiazole rings is 1. The Morgan fingerprint density at radius 1 is 1.04 bits per heavy atom. The van der Waals surface area contributed by atoms with Gasteiger partial charge in [-0.05, 0) is 24.6 Å². The van der Waals surface area contributed by atoms with Gasteiger partial charge in [0.25, 0.3) is 0 Å². The van der Waals surface area contributed by atoms with Gasteiger partial charge in [0.05, 0.1) is 20.7 Å². The third-order valence-electron chi connectivity index (χ3n) is 3.36. The van der Waals surface area contributed by atoms with Crippen LogP contribution in [0.2, 0.25) is 10.0 Å². The summed E-state index contributed by atoms with van der Waals surface area (Å²) >= 11 is 15.7. The molecule has 3 aromatic rings. The lowest BCUT2D eigenvalue weighted by Crippen LogP contribution is -1.89. The van der Waals surface area contributed by atoms with Crippen LogP contribution in [0.4, 0.5) is 0 Å². The molecule has 0 unspecified atom stereocenters. The first kappa shape index (κ1) is 16.8. The molecule has 1 aromatic heterocycles. The van der Waals surface area contributed by atoms with E-state index in [1.807, 2.05) is 18.2 Å². The van der Waals surface area contributed by atoms with Crippen LogP contribution in [-0.2, 0) is 12.2 Å². The fraction of sp³-hybridized carbons (Fsp3) is 0.167. The first-order valence-electron chi connectivity index (χ1n) is 7.17. The Kier molecular flexibility index (Phi) is 5.65. The van der Waals surface area contributed by atoms with Crippen molar-refractivity contribution in [1.29, 1.82) is 0 Å². The normalized spacial score (nSPS) is 10.9. The molecule has 0 N–H and O–H groups in total. The molecule has 2 aromatic carbocycles. The summed E-state index contributed by atoms with van der Waals surface area (Å²) in [6, 6.07) is 14.2. The smallest absolute Gasteiger partial charge is 0.0972 e. The second-order valence-corrected chi connectivity index (χ2v) is 7.98. The van der Waals surface area contributed by atoms with Gasteiger partial charge in [0, 0.05) is 22.4 Å². The van der Waals surface area contributed by atoms with E-state index in [2.05, 4.69) is 36.6 Å². The van der Waals surface area contributed by atoms with Gasteiger partial charge in [0.2, 0.25) is 0 Å². The molecule has 1 nitrogen and oxygen atoms in total. The van der Waals surface area contributed by atoms with Crippen LogP contribution >= 0.6 is 46.3 Å². The van der Waals surface area contributed by atoms with Crippen LogP contribution in [0.5, 0.6) is 0 Å². The van der Waals surface area contributed by atoms with Gasteiger partial charge in [-0.2, -0.15) is 0 Å². The van der Waals surface area contributed by atoms with E-state index in [4.69, 9.17) is 28.2 Å². The SMILES string of the molecule is Cc1ccc(Cc2nc(CSc3c(Cl)cccc3Cl)cs2)cc1. The monoisotopic (exact) mass is 379 g/mol. The van der Waals surface area contributed by atoms with Crippen molar-refractivity contribution in [2.24, 2.45) is 0 Å². The minimum atomic E-state index is 0.692. The number of rotatable bonds is 5. The number of aromatic nitrogens is 1. The van der Waals surface area contributed by atoms with Gasteiger partial charge in [-0.15, -0.1) is 23.1 Å². The van der Waals surface area contributed by atoms with E-state index in [1.54, 1.807) is 23.1 Å². The molecule has 0 radical (unpaired) electrons.